The maximum absolute atomic E-state index is 4.91. The van der Waals surface area contributed by atoms with E-state index in [4.69, 9.17) is 4.52 Å². The van der Waals surface area contributed by atoms with Gasteiger partial charge in [-0.2, -0.15) is 4.98 Å². The van der Waals surface area contributed by atoms with Gasteiger partial charge in [0.2, 0.25) is 5.89 Å². The Morgan fingerprint density at radius 2 is 2.11 bits per heavy atom. The van der Waals surface area contributed by atoms with Gasteiger partial charge in [0, 0.05) is 12.3 Å². The summed E-state index contributed by atoms with van der Waals surface area (Å²) >= 11 is 0. The van der Waals surface area contributed by atoms with E-state index in [-0.39, 0.29) is 0 Å². The van der Waals surface area contributed by atoms with Crippen LogP contribution < -0.4 is 5.32 Å². The first-order chi connectivity index (χ1) is 8.83. The fourth-order valence-electron chi connectivity index (χ4n) is 1.72. The highest BCUT2D eigenvalue weighted by Crippen LogP contribution is 2.18. The fourth-order valence-corrected chi connectivity index (χ4v) is 1.72. The molecule has 0 saturated carbocycles. The first kappa shape index (κ1) is 10.6. The third-order valence-electron chi connectivity index (χ3n) is 2.53. The van der Waals surface area contributed by atoms with E-state index in [1.165, 1.54) is 6.33 Å². The quantitative estimate of drug-likeness (QED) is 0.755. The smallest absolute Gasteiger partial charge is 0.223 e. The molecule has 0 aliphatic carbocycles. The van der Waals surface area contributed by atoms with Gasteiger partial charge in [0.05, 0.1) is 12.1 Å². The Kier molecular flexibility index (Phi) is 2.60. The van der Waals surface area contributed by atoms with E-state index in [0.717, 1.165) is 16.7 Å². The third-order valence-corrected chi connectivity index (χ3v) is 2.53. The molecule has 0 fully saturated rings. The number of para-hydroxylation sites is 1. The van der Waals surface area contributed by atoms with Crippen LogP contribution in [0.15, 0.2) is 35.1 Å². The molecule has 6 heteroatoms. The maximum Gasteiger partial charge on any atom is 0.223 e. The Morgan fingerprint density at radius 3 is 2.94 bits per heavy atom. The van der Waals surface area contributed by atoms with Crippen molar-refractivity contribution < 1.29 is 4.52 Å². The Hall–Kier alpha value is -2.50. The fraction of sp³-hybridized carbons (Fsp3) is 0.167. The van der Waals surface area contributed by atoms with E-state index >= 15 is 0 Å². The molecule has 1 aromatic carbocycles. The summed E-state index contributed by atoms with van der Waals surface area (Å²) in [7, 11) is 0. The van der Waals surface area contributed by atoms with Gasteiger partial charge in [-0.15, -0.1) is 0 Å². The minimum absolute atomic E-state index is 0.471. The number of hydrogen-bond donors (Lipinski definition) is 1. The van der Waals surface area contributed by atoms with Gasteiger partial charge in [-0.25, -0.2) is 9.97 Å². The van der Waals surface area contributed by atoms with Crippen molar-refractivity contribution >= 4 is 16.7 Å². The predicted molar refractivity (Wildman–Crippen MR) is 65.9 cm³/mol. The summed E-state index contributed by atoms with van der Waals surface area (Å²) in [5.74, 6) is 1.93. The Labute approximate surface area is 103 Å². The van der Waals surface area contributed by atoms with Crippen LogP contribution in [-0.2, 0) is 6.54 Å². The standard InChI is InChI=1S/C12H11N5O/c1-8-16-11(17-18-8)6-13-12-9-4-2-3-5-10(9)14-7-15-12/h2-5,7H,6H2,1H3,(H,13,14,15). The van der Waals surface area contributed by atoms with Crippen LogP contribution in [0, 0.1) is 6.92 Å². The molecular formula is C12H11N5O. The number of benzene rings is 1. The molecule has 0 spiro atoms. The molecule has 2 heterocycles. The second-order valence-corrected chi connectivity index (χ2v) is 3.82. The van der Waals surface area contributed by atoms with Gasteiger partial charge in [-0.3, -0.25) is 0 Å². The van der Waals surface area contributed by atoms with Crippen molar-refractivity contribution in [1.82, 2.24) is 20.1 Å². The molecule has 0 aliphatic rings. The maximum atomic E-state index is 4.91. The molecule has 0 atom stereocenters. The van der Waals surface area contributed by atoms with Crippen LogP contribution in [0.25, 0.3) is 10.9 Å². The van der Waals surface area contributed by atoms with Crippen LogP contribution >= 0.6 is 0 Å². The molecule has 0 aliphatic heterocycles. The lowest BCUT2D eigenvalue weighted by molar-refractivity contribution is 0.388. The number of rotatable bonds is 3. The summed E-state index contributed by atoms with van der Waals surface area (Å²) in [4.78, 5) is 12.5. The van der Waals surface area contributed by atoms with Gasteiger partial charge < -0.3 is 9.84 Å². The molecule has 1 N–H and O–H groups in total. The SMILES string of the molecule is Cc1nc(CNc2ncnc3ccccc23)no1. The van der Waals surface area contributed by atoms with Crippen LogP contribution in [0.1, 0.15) is 11.7 Å². The second kappa shape index (κ2) is 4.40. The van der Waals surface area contributed by atoms with Crippen molar-refractivity contribution in [3.05, 3.63) is 42.3 Å². The predicted octanol–water partition coefficient (Wildman–Crippen LogP) is 1.93. The number of aromatic nitrogens is 4. The molecule has 0 radical (unpaired) electrons. The first-order valence-corrected chi connectivity index (χ1v) is 5.56. The summed E-state index contributed by atoms with van der Waals surface area (Å²) in [5.41, 5.74) is 0.902. The summed E-state index contributed by atoms with van der Waals surface area (Å²) in [6.07, 6.45) is 1.53. The normalized spacial score (nSPS) is 10.7. The van der Waals surface area contributed by atoms with Crippen LogP contribution in [-0.4, -0.2) is 20.1 Å². The molecule has 0 unspecified atom stereocenters. The molecule has 0 saturated heterocycles. The monoisotopic (exact) mass is 241 g/mol. The number of nitrogens with zero attached hydrogens (tertiary/aromatic N) is 4. The van der Waals surface area contributed by atoms with Crippen molar-refractivity contribution in [3.63, 3.8) is 0 Å². The number of hydrogen-bond acceptors (Lipinski definition) is 6. The molecule has 18 heavy (non-hydrogen) atoms. The zero-order chi connectivity index (χ0) is 12.4. The van der Waals surface area contributed by atoms with Crippen molar-refractivity contribution in [2.45, 2.75) is 13.5 Å². The number of aryl methyl sites for hydroxylation is 1. The highest BCUT2D eigenvalue weighted by Gasteiger charge is 2.05. The van der Waals surface area contributed by atoms with E-state index in [1.807, 2.05) is 24.3 Å². The molecule has 0 bridgehead atoms. The topological polar surface area (TPSA) is 76.7 Å². The van der Waals surface area contributed by atoms with Gasteiger partial charge in [-0.05, 0) is 12.1 Å². The molecular weight excluding hydrogens is 230 g/mol. The first-order valence-electron chi connectivity index (χ1n) is 5.56. The Morgan fingerprint density at radius 1 is 1.22 bits per heavy atom. The van der Waals surface area contributed by atoms with E-state index in [1.54, 1.807) is 6.92 Å². The summed E-state index contributed by atoms with van der Waals surface area (Å²) < 4.78 is 4.91. The van der Waals surface area contributed by atoms with Gasteiger partial charge in [0.25, 0.3) is 0 Å². The second-order valence-electron chi connectivity index (χ2n) is 3.82. The van der Waals surface area contributed by atoms with E-state index in [2.05, 4.69) is 25.4 Å². The molecule has 2 aromatic heterocycles. The Bertz CT molecular complexity index is 674. The Balaban J connectivity index is 1.86. The molecule has 3 rings (SSSR count). The van der Waals surface area contributed by atoms with Crippen molar-refractivity contribution in [2.24, 2.45) is 0 Å². The molecule has 6 nitrogen and oxygen atoms in total. The van der Waals surface area contributed by atoms with Crippen LogP contribution in [0.3, 0.4) is 0 Å². The van der Waals surface area contributed by atoms with Crippen LogP contribution in [0.5, 0.6) is 0 Å². The van der Waals surface area contributed by atoms with Gasteiger partial charge in [-0.1, -0.05) is 17.3 Å². The van der Waals surface area contributed by atoms with Crippen LogP contribution in [0.2, 0.25) is 0 Å². The third kappa shape index (κ3) is 2.00. The van der Waals surface area contributed by atoms with Crippen molar-refractivity contribution in [3.8, 4) is 0 Å². The highest BCUT2D eigenvalue weighted by molar-refractivity contribution is 5.88. The lowest BCUT2D eigenvalue weighted by Gasteiger charge is -2.05. The average molecular weight is 241 g/mol. The van der Waals surface area contributed by atoms with Gasteiger partial charge >= 0.3 is 0 Å². The van der Waals surface area contributed by atoms with E-state index in [9.17, 15) is 0 Å². The number of anilines is 1. The van der Waals surface area contributed by atoms with Crippen molar-refractivity contribution in [2.75, 3.05) is 5.32 Å². The van der Waals surface area contributed by atoms with E-state index in [0.29, 0.717) is 18.3 Å². The van der Waals surface area contributed by atoms with Gasteiger partial charge in [0.1, 0.15) is 12.1 Å². The molecule has 0 amide bonds. The zero-order valence-electron chi connectivity index (χ0n) is 9.79. The minimum Gasteiger partial charge on any atom is -0.362 e. The summed E-state index contributed by atoms with van der Waals surface area (Å²) in [5, 5.41) is 7.97. The van der Waals surface area contributed by atoms with E-state index < -0.39 is 0 Å². The zero-order valence-corrected chi connectivity index (χ0v) is 9.79. The lowest BCUT2D eigenvalue weighted by atomic mass is 10.2. The molecule has 3 aromatic rings. The highest BCUT2D eigenvalue weighted by atomic mass is 16.5. The lowest BCUT2D eigenvalue weighted by Crippen LogP contribution is -2.03. The average Bonchev–Trinajstić information content (AvgIpc) is 2.82. The largest absolute Gasteiger partial charge is 0.362 e. The number of nitrogens with one attached hydrogen (secondary N) is 1. The summed E-state index contributed by atoms with van der Waals surface area (Å²) in [6, 6.07) is 7.82. The molecule has 90 valence electrons. The number of fused-ring (bicyclic) bond motifs is 1. The minimum atomic E-state index is 0.471. The summed E-state index contributed by atoms with van der Waals surface area (Å²) in [6.45, 7) is 2.23. The van der Waals surface area contributed by atoms with Gasteiger partial charge in [0.15, 0.2) is 5.82 Å². The van der Waals surface area contributed by atoms with Crippen molar-refractivity contribution in [1.29, 1.82) is 0 Å². The van der Waals surface area contributed by atoms with Crippen LogP contribution in [0.4, 0.5) is 5.82 Å².